The number of carbonyl (C=O) groups is 1. The third-order valence-corrected chi connectivity index (χ3v) is 4.91. The predicted molar refractivity (Wildman–Crippen MR) is 96.7 cm³/mol. The average Bonchev–Trinajstić information content (AvgIpc) is 2.46. The van der Waals surface area contributed by atoms with Crippen molar-refractivity contribution in [2.75, 3.05) is 13.1 Å². The summed E-state index contributed by atoms with van der Waals surface area (Å²) in [5, 5.41) is 6.80. The summed E-state index contributed by atoms with van der Waals surface area (Å²) in [6.45, 7) is 12.0. The maximum Gasteiger partial charge on any atom is 0.407 e. The van der Waals surface area contributed by atoms with Crippen molar-refractivity contribution in [2.45, 2.75) is 97.1 Å². The van der Waals surface area contributed by atoms with Crippen LogP contribution < -0.4 is 10.6 Å². The lowest BCUT2D eigenvalue weighted by Crippen LogP contribution is -2.59. The van der Waals surface area contributed by atoms with Crippen LogP contribution in [-0.4, -0.2) is 30.3 Å². The fourth-order valence-electron chi connectivity index (χ4n) is 3.43. The van der Waals surface area contributed by atoms with E-state index >= 15 is 0 Å². The van der Waals surface area contributed by atoms with Gasteiger partial charge < -0.3 is 15.4 Å². The molecular weight excluding hydrogens is 288 g/mol. The number of amides is 1. The van der Waals surface area contributed by atoms with E-state index in [1.54, 1.807) is 0 Å². The molecule has 1 amide bonds. The van der Waals surface area contributed by atoms with Crippen LogP contribution in [0.4, 0.5) is 4.79 Å². The van der Waals surface area contributed by atoms with Gasteiger partial charge in [0, 0.05) is 12.1 Å². The van der Waals surface area contributed by atoms with Crippen molar-refractivity contribution in [3.63, 3.8) is 0 Å². The smallest absolute Gasteiger partial charge is 0.407 e. The Balaban J connectivity index is 2.53. The van der Waals surface area contributed by atoms with Crippen molar-refractivity contribution < 1.29 is 9.53 Å². The number of nitrogens with one attached hydrogen (secondary N) is 2. The molecule has 136 valence electrons. The Bertz CT molecular complexity index is 352. The molecule has 0 aromatic heterocycles. The number of carbonyl (C=O) groups excluding carboxylic acids is 1. The van der Waals surface area contributed by atoms with Crippen molar-refractivity contribution in [1.29, 1.82) is 0 Å². The summed E-state index contributed by atoms with van der Waals surface area (Å²) in [4.78, 5) is 12.0. The topological polar surface area (TPSA) is 50.4 Å². The van der Waals surface area contributed by atoms with Gasteiger partial charge in [0.2, 0.25) is 0 Å². The zero-order chi connectivity index (χ0) is 17.3. The van der Waals surface area contributed by atoms with E-state index in [0.717, 1.165) is 13.0 Å². The Morgan fingerprint density at radius 2 is 1.96 bits per heavy atom. The molecule has 1 saturated carbocycles. The van der Waals surface area contributed by atoms with Gasteiger partial charge in [0.25, 0.3) is 0 Å². The third kappa shape index (κ3) is 7.56. The van der Waals surface area contributed by atoms with Gasteiger partial charge in [-0.05, 0) is 52.5 Å². The summed E-state index contributed by atoms with van der Waals surface area (Å²) < 4.78 is 5.39. The van der Waals surface area contributed by atoms with Gasteiger partial charge in [0.15, 0.2) is 0 Å². The van der Waals surface area contributed by atoms with Crippen LogP contribution in [0.3, 0.4) is 0 Å². The van der Waals surface area contributed by atoms with E-state index in [0.29, 0.717) is 12.5 Å². The molecule has 0 bridgehead atoms. The molecule has 0 aromatic rings. The molecule has 1 aliphatic carbocycles. The standard InChI is InChI=1S/C19H38N2O2/c1-6-7-8-11-14-21-19(13-10-9-12-16(19)2)15-20-17(22)23-18(3,4)5/h16,21H,6-15H2,1-5H3,(H,20,22). The number of alkyl carbamates (subject to hydrolysis) is 1. The summed E-state index contributed by atoms with van der Waals surface area (Å²) >= 11 is 0. The van der Waals surface area contributed by atoms with E-state index in [4.69, 9.17) is 4.74 Å². The fraction of sp³-hybridized carbons (Fsp3) is 0.947. The Kier molecular flexibility index (Phi) is 8.38. The maximum atomic E-state index is 12.0. The van der Waals surface area contributed by atoms with Gasteiger partial charge in [-0.15, -0.1) is 0 Å². The molecule has 23 heavy (non-hydrogen) atoms. The first-order valence-corrected chi connectivity index (χ1v) is 9.51. The van der Waals surface area contributed by atoms with Gasteiger partial charge in [0.1, 0.15) is 5.60 Å². The first-order chi connectivity index (χ1) is 10.8. The highest BCUT2D eigenvalue weighted by molar-refractivity contribution is 5.67. The van der Waals surface area contributed by atoms with Gasteiger partial charge in [-0.25, -0.2) is 4.79 Å². The molecule has 4 heteroatoms. The van der Waals surface area contributed by atoms with Crippen LogP contribution in [0, 0.1) is 5.92 Å². The molecule has 0 aromatic carbocycles. The quantitative estimate of drug-likeness (QED) is 0.639. The number of hydrogen-bond donors (Lipinski definition) is 2. The normalized spacial score (nSPS) is 25.2. The zero-order valence-electron chi connectivity index (χ0n) is 16.0. The highest BCUT2D eigenvalue weighted by Gasteiger charge is 2.38. The fourth-order valence-corrected chi connectivity index (χ4v) is 3.43. The summed E-state index contributed by atoms with van der Waals surface area (Å²) in [6, 6.07) is 0. The van der Waals surface area contributed by atoms with Crippen LogP contribution in [0.5, 0.6) is 0 Å². The van der Waals surface area contributed by atoms with Crippen LogP contribution in [0.25, 0.3) is 0 Å². The molecule has 0 aliphatic heterocycles. The summed E-state index contributed by atoms with van der Waals surface area (Å²) in [6.07, 6.45) is 9.68. The van der Waals surface area contributed by atoms with E-state index in [1.807, 2.05) is 20.8 Å². The summed E-state index contributed by atoms with van der Waals surface area (Å²) in [5.74, 6) is 0.581. The minimum Gasteiger partial charge on any atom is -0.444 e. The van der Waals surface area contributed by atoms with Gasteiger partial charge >= 0.3 is 6.09 Å². The van der Waals surface area contributed by atoms with Gasteiger partial charge in [0.05, 0.1) is 0 Å². The molecule has 2 N–H and O–H groups in total. The molecule has 4 nitrogen and oxygen atoms in total. The van der Waals surface area contributed by atoms with Gasteiger partial charge in [-0.2, -0.15) is 0 Å². The largest absolute Gasteiger partial charge is 0.444 e. The summed E-state index contributed by atoms with van der Waals surface area (Å²) in [7, 11) is 0. The highest BCUT2D eigenvalue weighted by atomic mass is 16.6. The molecule has 0 radical (unpaired) electrons. The second-order valence-electron chi connectivity index (χ2n) is 8.15. The number of unbranched alkanes of at least 4 members (excludes halogenated alkanes) is 3. The maximum absolute atomic E-state index is 12.0. The highest BCUT2D eigenvalue weighted by Crippen LogP contribution is 2.33. The van der Waals surface area contributed by atoms with Crippen LogP contribution in [0.2, 0.25) is 0 Å². The average molecular weight is 327 g/mol. The minimum absolute atomic E-state index is 0.0291. The molecule has 0 heterocycles. The summed E-state index contributed by atoms with van der Waals surface area (Å²) in [5.41, 5.74) is -0.412. The third-order valence-electron chi connectivity index (χ3n) is 4.91. The van der Waals surface area contributed by atoms with Crippen molar-refractivity contribution in [3.05, 3.63) is 0 Å². The SMILES string of the molecule is CCCCCCNC1(CNC(=O)OC(C)(C)C)CCCCC1C. The molecule has 1 fully saturated rings. The molecule has 2 atom stereocenters. The van der Waals surface area contributed by atoms with Crippen LogP contribution >= 0.6 is 0 Å². The van der Waals surface area contributed by atoms with Crippen molar-refractivity contribution in [2.24, 2.45) is 5.92 Å². The molecule has 0 saturated heterocycles. The predicted octanol–water partition coefficient (Wildman–Crippen LogP) is 4.63. The lowest BCUT2D eigenvalue weighted by atomic mass is 9.73. The van der Waals surface area contributed by atoms with Gasteiger partial charge in [-0.1, -0.05) is 46.0 Å². The lowest BCUT2D eigenvalue weighted by molar-refractivity contribution is 0.0480. The second kappa shape index (κ2) is 9.51. The van der Waals surface area contributed by atoms with Crippen molar-refractivity contribution in [1.82, 2.24) is 10.6 Å². The van der Waals surface area contributed by atoms with Crippen molar-refractivity contribution in [3.8, 4) is 0 Å². The van der Waals surface area contributed by atoms with E-state index < -0.39 is 5.60 Å². The monoisotopic (exact) mass is 326 g/mol. The van der Waals surface area contributed by atoms with Crippen LogP contribution in [-0.2, 0) is 4.74 Å². The first-order valence-electron chi connectivity index (χ1n) is 9.51. The van der Waals surface area contributed by atoms with E-state index in [9.17, 15) is 4.79 Å². The molecular formula is C19H38N2O2. The van der Waals surface area contributed by atoms with E-state index in [1.165, 1.54) is 44.9 Å². The first kappa shape index (κ1) is 20.3. The number of hydrogen-bond acceptors (Lipinski definition) is 3. The molecule has 1 rings (SSSR count). The Labute approximate surface area is 143 Å². The van der Waals surface area contributed by atoms with Crippen LogP contribution in [0.15, 0.2) is 0 Å². The Morgan fingerprint density at radius 1 is 1.22 bits per heavy atom. The van der Waals surface area contributed by atoms with Gasteiger partial charge in [-0.3, -0.25) is 0 Å². The Hall–Kier alpha value is -0.770. The molecule has 1 aliphatic rings. The number of ether oxygens (including phenoxy) is 1. The Morgan fingerprint density at radius 3 is 2.57 bits per heavy atom. The van der Waals surface area contributed by atoms with Crippen LogP contribution in [0.1, 0.15) is 86.0 Å². The zero-order valence-corrected chi connectivity index (χ0v) is 16.0. The van der Waals surface area contributed by atoms with Crippen molar-refractivity contribution >= 4 is 6.09 Å². The lowest BCUT2D eigenvalue weighted by Gasteiger charge is -2.44. The van der Waals surface area contributed by atoms with E-state index in [2.05, 4.69) is 24.5 Å². The minimum atomic E-state index is -0.441. The molecule has 2 unspecified atom stereocenters. The second-order valence-corrected chi connectivity index (χ2v) is 8.15. The number of rotatable bonds is 8. The molecule has 0 spiro atoms. The van der Waals surface area contributed by atoms with E-state index in [-0.39, 0.29) is 11.6 Å².